The van der Waals surface area contributed by atoms with Gasteiger partial charge in [-0.2, -0.15) is 5.10 Å². The summed E-state index contributed by atoms with van der Waals surface area (Å²) in [7, 11) is 0. The Morgan fingerprint density at radius 1 is 0.963 bits per heavy atom. The van der Waals surface area contributed by atoms with Crippen LogP contribution in [-0.4, -0.2) is 15.8 Å². The van der Waals surface area contributed by atoms with Gasteiger partial charge in [-0.15, -0.1) is 0 Å². The molecule has 0 saturated heterocycles. The van der Waals surface area contributed by atoms with Crippen molar-refractivity contribution in [2.75, 3.05) is 5.43 Å². The molecule has 6 heteroatoms. The molecule has 4 rings (SSSR count). The van der Waals surface area contributed by atoms with Crippen molar-refractivity contribution in [1.29, 1.82) is 0 Å². The normalized spacial score (nSPS) is 11.1. The zero-order chi connectivity index (χ0) is 18.6. The Bertz CT molecular complexity index is 1190. The number of hydrogen-bond donors (Lipinski definition) is 1. The van der Waals surface area contributed by atoms with E-state index < -0.39 is 0 Å². The number of benzene rings is 3. The summed E-state index contributed by atoms with van der Waals surface area (Å²) >= 11 is 3.44. The number of aromatic nitrogens is 2. The fourth-order valence-corrected chi connectivity index (χ4v) is 3.19. The molecule has 5 nitrogen and oxygen atoms in total. The number of para-hydroxylation sites is 2. The molecule has 27 heavy (non-hydrogen) atoms. The van der Waals surface area contributed by atoms with Gasteiger partial charge in [0.2, 0.25) is 5.95 Å². The lowest BCUT2D eigenvalue weighted by molar-refractivity contribution is 0.956. The zero-order valence-electron chi connectivity index (χ0n) is 14.2. The highest BCUT2D eigenvalue weighted by Gasteiger charge is 2.11. The SMILES string of the molecule is O=c1c2ccccc2nc(N/N=C/c2cccc(Br)c2)n1-c1ccccc1. The van der Waals surface area contributed by atoms with Gasteiger partial charge in [0.05, 0.1) is 22.8 Å². The standard InChI is InChI=1S/C21H15BrN4O/c22-16-8-6-7-15(13-16)14-23-25-21-24-19-12-5-4-11-18(19)20(27)26(21)17-9-2-1-3-10-17/h1-14H,(H,24,25)/b23-14+. The van der Waals surface area contributed by atoms with Crippen LogP contribution in [0.15, 0.2) is 93.2 Å². The molecule has 3 aromatic carbocycles. The Labute approximate surface area is 164 Å². The smallest absolute Gasteiger partial charge is 0.267 e. The third-order valence-electron chi connectivity index (χ3n) is 4.02. The van der Waals surface area contributed by atoms with Crippen molar-refractivity contribution in [3.8, 4) is 5.69 Å². The maximum Gasteiger partial charge on any atom is 0.267 e. The molecular weight excluding hydrogens is 404 g/mol. The van der Waals surface area contributed by atoms with Gasteiger partial charge in [-0.1, -0.05) is 58.4 Å². The lowest BCUT2D eigenvalue weighted by Crippen LogP contribution is -2.22. The first-order valence-electron chi connectivity index (χ1n) is 8.34. The number of nitrogens with zero attached hydrogens (tertiary/aromatic N) is 3. The summed E-state index contributed by atoms with van der Waals surface area (Å²) in [5.41, 5.74) is 5.04. The van der Waals surface area contributed by atoms with Crippen molar-refractivity contribution in [2.45, 2.75) is 0 Å². The highest BCUT2D eigenvalue weighted by molar-refractivity contribution is 9.10. The molecular formula is C21H15BrN4O. The number of halogens is 1. The van der Waals surface area contributed by atoms with Crippen molar-refractivity contribution in [2.24, 2.45) is 5.10 Å². The lowest BCUT2D eigenvalue weighted by atomic mass is 10.2. The third-order valence-corrected chi connectivity index (χ3v) is 4.51. The third kappa shape index (κ3) is 3.66. The largest absolute Gasteiger partial charge is 0.268 e. The Kier molecular flexibility index (Phi) is 4.80. The fraction of sp³-hybridized carbons (Fsp3) is 0. The summed E-state index contributed by atoms with van der Waals surface area (Å²) in [4.78, 5) is 17.6. The van der Waals surface area contributed by atoms with E-state index in [1.54, 1.807) is 12.3 Å². The average Bonchev–Trinajstić information content (AvgIpc) is 2.69. The van der Waals surface area contributed by atoms with E-state index in [0.29, 0.717) is 16.9 Å². The summed E-state index contributed by atoms with van der Waals surface area (Å²) in [6.45, 7) is 0. The van der Waals surface area contributed by atoms with E-state index >= 15 is 0 Å². The maximum atomic E-state index is 13.1. The van der Waals surface area contributed by atoms with Crippen molar-refractivity contribution in [3.63, 3.8) is 0 Å². The zero-order valence-corrected chi connectivity index (χ0v) is 15.8. The summed E-state index contributed by atoms with van der Waals surface area (Å²) in [5, 5.41) is 4.83. The van der Waals surface area contributed by atoms with Crippen molar-refractivity contribution >= 4 is 39.0 Å². The molecule has 0 fully saturated rings. The van der Waals surface area contributed by atoms with Crippen LogP contribution in [0.5, 0.6) is 0 Å². The molecule has 0 radical (unpaired) electrons. The second-order valence-corrected chi connectivity index (χ2v) is 6.77. The van der Waals surface area contributed by atoms with Gasteiger partial charge < -0.3 is 0 Å². The molecule has 1 N–H and O–H groups in total. The number of fused-ring (bicyclic) bond motifs is 1. The molecule has 4 aromatic rings. The minimum absolute atomic E-state index is 0.146. The second-order valence-electron chi connectivity index (χ2n) is 5.85. The number of rotatable bonds is 4. The first-order chi connectivity index (χ1) is 13.2. The second kappa shape index (κ2) is 7.55. The molecule has 0 unspecified atom stereocenters. The quantitative estimate of drug-likeness (QED) is 0.389. The van der Waals surface area contributed by atoms with Gasteiger partial charge in [0.25, 0.3) is 5.56 Å². The minimum atomic E-state index is -0.146. The molecule has 0 aliphatic heterocycles. The van der Waals surface area contributed by atoms with E-state index in [-0.39, 0.29) is 5.56 Å². The number of nitrogens with one attached hydrogen (secondary N) is 1. The Morgan fingerprint density at radius 3 is 2.56 bits per heavy atom. The first kappa shape index (κ1) is 17.2. The molecule has 0 aliphatic carbocycles. The molecule has 1 aromatic heterocycles. The lowest BCUT2D eigenvalue weighted by Gasteiger charge is -2.12. The van der Waals surface area contributed by atoms with Gasteiger partial charge in [-0.3, -0.25) is 4.79 Å². The minimum Gasteiger partial charge on any atom is -0.268 e. The monoisotopic (exact) mass is 418 g/mol. The van der Waals surface area contributed by atoms with E-state index in [1.807, 2.05) is 72.8 Å². The number of hydrogen-bond acceptors (Lipinski definition) is 4. The summed E-state index contributed by atoms with van der Waals surface area (Å²) < 4.78 is 2.50. The molecule has 0 bridgehead atoms. The van der Waals surface area contributed by atoms with Crippen LogP contribution >= 0.6 is 15.9 Å². The van der Waals surface area contributed by atoms with E-state index in [0.717, 1.165) is 15.7 Å². The van der Waals surface area contributed by atoms with E-state index in [9.17, 15) is 4.79 Å². The van der Waals surface area contributed by atoms with E-state index in [4.69, 9.17) is 0 Å². The molecule has 0 spiro atoms. The molecule has 0 amide bonds. The van der Waals surface area contributed by atoms with Gasteiger partial charge >= 0.3 is 0 Å². The van der Waals surface area contributed by atoms with E-state index in [1.165, 1.54) is 4.57 Å². The van der Waals surface area contributed by atoms with Crippen LogP contribution in [0.1, 0.15) is 5.56 Å². The van der Waals surface area contributed by atoms with Crippen LogP contribution in [0.4, 0.5) is 5.95 Å². The first-order valence-corrected chi connectivity index (χ1v) is 9.13. The predicted octanol–water partition coefficient (Wildman–Crippen LogP) is 4.59. The molecule has 0 saturated carbocycles. The van der Waals surface area contributed by atoms with Crippen LogP contribution in [0.25, 0.3) is 16.6 Å². The number of hydrazone groups is 1. The highest BCUT2D eigenvalue weighted by atomic mass is 79.9. The maximum absolute atomic E-state index is 13.1. The van der Waals surface area contributed by atoms with Crippen LogP contribution in [0, 0.1) is 0 Å². The van der Waals surface area contributed by atoms with Crippen LogP contribution < -0.4 is 11.0 Å². The van der Waals surface area contributed by atoms with Crippen LogP contribution in [0.3, 0.4) is 0 Å². The van der Waals surface area contributed by atoms with Crippen LogP contribution in [0.2, 0.25) is 0 Å². The molecule has 0 atom stereocenters. The van der Waals surface area contributed by atoms with Gasteiger partial charge in [0, 0.05) is 4.47 Å². The topological polar surface area (TPSA) is 59.3 Å². The number of anilines is 1. The molecule has 1 heterocycles. The van der Waals surface area contributed by atoms with Crippen molar-refractivity contribution < 1.29 is 0 Å². The summed E-state index contributed by atoms with van der Waals surface area (Å²) in [6, 6.07) is 24.4. The molecule has 0 aliphatic rings. The summed E-state index contributed by atoms with van der Waals surface area (Å²) in [5.74, 6) is 0.358. The summed E-state index contributed by atoms with van der Waals surface area (Å²) in [6.07, 6.45) is 1.68. The van der Waals surface area contributed by atoms with E-state index in [2.05, 4.69) is 31.4 Å². The fourth-order valence-electron chi connectivity index (χ4n) is 2.78. The van der Waals surface area contributed by atoms with Gasteiger partial charge in [-0.05, 0) is 42.0 Å². The predicted molar refractivity (Wildman–Crippen MR) is 113 cm³/mol. The Hall–Kier alpha value is -3.25. The Morgan fingerprint density at radius 2 is 1.74 bits per heavy atom. The molecule has 132 valence electrons. The van der Waals surface area contributed by atoms with Crippen LogP contribution in [-0.2, 0) is 0 Å². The van der Waals surface area contributed by atoms with Gasteiger partial charge in [0.1, 0.15) is 0 Å². The Balaban J connectivity index is 1.80. The van der Waals surface area contributed by atoms with Crippen molar-refractivity contribution in [3.05, 3.63) is 99.3 Å². The average molecular weight is 419 g/mol. The van der Waals surface area contributed by atoms with Crippen molar-refractivity contribution in [1.82, 2.24) is 9.55 Å². The van der Waals surface area contributed by atoms with Gasteiger partial charge in [0.15, 0.2) is 0 Å². The van der Waals surface area contributed by atoms with Gasteiger partial charge in [-0.25, -0.2) is 15.0 Å². The highest BCUT2D eigenvalue weighted by Crippen LogP contribution is 2.16.